The Hall–Kier alpha value is -0.930. The Kier molecular flexibility index (Phi) is 3.71. The van der Waals surface area contributed by atoms with Gasteiger partial charge >= 0.3 is 0 Å². The van der Waals surface area contributed by atoms with E-state index in [4.69, 9.17) is 17.0 Å². The van der Waals surface area contributed by atoms with Gasteiger partial charge in [0.25, 0.3) is 0 Å². The van der Waals surface area contributed by atoms with Crippen LogP contribution in [0, 0.1) is 12.3 Å². The molecule has 0 unspecified atom stereocenters. The van der Waals surface area contributed by atoms with Crippen molar-refractivity contribution in [3.05, 3.63) is 29.6 Å². The maximum absolute atomic E-state index is 7.10. The van der Waals surface area contributed by atoms with Crippen LogP contribution in [0.25, 0.3) is 0 Å². The Morgan fingerprint density at radius 1 is 1.64 bits per heavy atom. The molecular formula is C7H9ClN2O. The first-order chi connectivity index (χ1) is 4.72. The number of hydrogen-bond donors (Lipinski definition) is 1. The fourth-order valence-corrected chi connectivity index (χ4v) is 0.916. The normalized spacial score (nSPS) is 8.55. The quantitative estimate of drug-likeness (QED) is 0.634. The van der Waals surface area contributed by atoms with E-state index in [9.17, 15) is 0 Å². The van der Waals surface area contributed by atoms with E-state index < -0.39 is 0 Å². The summed E-state index contributed by atoms with van der Waals surface area (Å²) in [5, 5.41) is 7.15. The minimum Gasteiger partial charge on any atom is -0.412 e. The van der Waals surface area contributed by atoms with Crippen LogP contribution >= 0.6 is 11.6 Å². The molecule has 4 heteroatoms. The lowest BCUT2D eigenvalue weighted by atomic mass is 10.2. The third kappa shape index (κ3) is 2.29. The monoisotopic (exact) mass is 172 g/mol. The van der Waals surface area contributed by atoms with Crippen molar-refractivity contribution in [2.75, 3.05) is 0 Å². The molecule has 0 aliphatic heterocycles. The summed E-state index contributed by atoms with van der Waals surface area (Å²) in [6.45, 7) is 1.83. The number of nitrogens with one attached hydrogen (secondary N) is 1. The summed E-state index contributed by atoms with van der Waals surface area (Å²) in [5.41, 5.74) is 1.49. The molecule has 0 aromatic carbocycles. The highest BCUT2D eigenvalue weighted by molar-refractivity contribution is 6.68. The second kappa shape index (κ2) is 4.05. The number of aromatic nitrogens is 1. The molecule has 0 atom stereocenters. The topological polar surface area (TPSA) is 68.2 Å². The van der Waals surface area contributed by atoms with E-state index in [0.29, 0.717) is 5.56 Å². The smallest absolute Gasteiger partial charge is 0.129 e. The first-order valence-corrected chi connectivity index (χ1v) is 3.25. The molecule has 0 saturated heterocycles. The van der Waals surface area contributed by atoms with Gasteiger partial charge in [-0.15, -0.1) is 0 Å². The average molecular weight is 173 g/mol. The molecule has 0 spiro atoms. The van der Waals surface area contributed by atoms with Crippen LogP contribution in [-0.4, -0.2) is 15.6 Å². The van der Waals surface area contributed by atoms with E-state index in [1.165, 1.54) is 0 Å². The Bertz CT molecular complexity index is 262. The second-order valence-electron chi connectivity index (χ2n) is 1.95. The van der Waals surface area contributed by atoms with Crippen molar-refractivity contribution >= 4 is 16.8 Å². The Morgan fingerprint density at radius 2 is 2.27 bits per heavy atom. The van der Waals surface area contributed by atoms with Gasteiger partial charge in [-0.05, 0) is 19.1 Å². The molecular weight excluding hydrogens is 164 g/mol. The first-order valence-electron chi connectivity index (χ1n) is 2.88. The zero-order valence-electron chi connectivity index (χ0n) is 6.06. The predicted octanol–water partition coefficient (Wildman–Crippen LogP) is 1.13. The Labute approximate surface area is 69.9 Å². The molecule has 11 heavy (non-hydrogen) atoms. The lowest BCUT2D eigenvalue weighted by molar-refractivity contribution is 0.824. The minimum absolute atomic E-state index is 0. The standard InChI is InChI=1S/C7H7ClN2.H2O/c1-5-6(7(8)9)3-2-4-10-5;/h2-4,9H,1H3;1H2. The Morgan fingerprint density at radius 3 is 2.64 bits per heavy atom. The molecule has 0 aliphatic carbocycles. The highest BCUT2D eigenvalue weighted by Crippen LogP contribution is 2.05. The van der Waals surface area contributed by atoms with Crippen LogP contribution in [0.4, 0.5) is 0 Å². The summed E-state index contributed by atoms with van der Waals surface area (Å²) in [5.74, 6) is 0. The van der Waals surface area contributed by atoms with Crippen LogP contribution in [0.1, 0.15) is 11.3 Å². The maximum atomic E-state index is 7.10. The van der Waals surface area contributed by atoms with E-state index in [-0.39, 0.29) is 10.6 Å². The van der Waals surface area contributed by atoms with Gasteiger partial charge in [0.1, 0.15) is 5.17 Å². The van der Waals surface area contributed by atoms with Crippen molar-refractivity contribution in [1.29, 1.82) is 5.41 Å². The van der Waals surface area contributed by atoms with Crippen LogP contribution in [-0.2, 0) is 0 Å². The summed E-state index contributed by atoms with van der Waals surface area (Å²) in [6.07, 6.45) is 1.68. The first kappa shape index (κ1) is 10.1. The number of aryl methyl sites for hydroxylation is 1. The van der Waals surface area contributed by atoms with Gasteiger partial charge < -0.3 is 5.48 Å². The fourth-order valence-electron chi connectivity index (χ4n) is 0.716. The third-order valence-electron chi connectivity index (χ3n) is 1.24. The molecule has 1 aromatic heterocycles. The summed E-state index contributed by atoms with van der Waals surface area (Å²) in [7, 11) is 0. The van der Waals surface area contributed by atoms with Crippen molar-refractivity contribution in [2.45, 2.75) is 6.92 Å². The molecule has 0 aliphatic rings. The van der Waals surface area contributed by atoms with Gasteiger partial charge in [-0.2, -0.15) is 0 Å². The summed E-state index contributed by atoms with van der Waals surface area (Å²) < 4.78 is 0. The largest absolute Gasteiger partial charge is 0.412 e. The Balaban J connectivity index is 0.000001000. The third-order valence-corrected chi connectivity index (χ3v) is 1.45. The summed E-state index contributed by atoms with van der Waals surface area (Å²) in [6, 6.07) is 3.54. The van der Waals surface area contributed by atoms with Gasteiger partial charge in [0.05, 0.1) is 0 Å². The van der Waals surface area contributed by atoms with Crippen LogP contribution in [0.2, 0.25) is 0 Å². The molecule has 60 valence electrons. The molecule has 1 rings (SSSR count). The van der Waals surface area contributed by atoms with Crippen molar-refractivity contribution in [3.8, 4) is 0 Å². The highest BCUT2D eigenvalue weighted by Gasteiger charge is 1.99. The van der Waals surface area contributed by atoms with E-state index in [2.05, 4.69) is 4.98 Å². The minimum atomic E-state index is 0. The van der Waals surface area contributed by atoms with E-state index >= 15 is 0 Å². The molecule has 3 nitrogen and oxygen atoms in total. The molecule has 1 aromatic rings. The summed E-state index contributed by atoms with van der Waals surface area (Å²) in [4.78, 5) is 3.98. The van der Waals surface area contributed by atoms with Crippen molar-refractivity contribution in [2.24, 2.45) is 0 Å². The van der Waals surface area contributed by atoms with Crippen LogP contribution in [0.3, 0.4) is 0 Å². The number of pyridine rings is 1. The average Bonchev–Trinajstić information content (AvgIpc) is 1.88. The van der Waals surface area contributed by atoms with Gasteiger partial charge in [0.15, 0.2) is 0 Å². The number of hydrogen-bond acceptors (Lipinski definition) is 2. The molecule has 3 N–H and O–H groups in total. The zero-order valence-corrected chi connectivity index (χ0v) is 6.81. The molecule has 0 radical (unpaired) electrons. The highest BCUT2D eigenvalue weighted by atomic mass is 35.5. The van der Waals surface area contributed by atoms with Crippen LogP contribution in [0.15, 0.2) is 18.3 Å². The van der Waals surface area contributed by atoms with Crippen LogP contribution < -0.4 is 0 Å². The SMILES string of the molecule is Cc1ncccc1C(=N)Cl.O. The van der Waals surface area contributed by atoms with E-state index in [1.54, 1.807) is 18.3 Å². The fraction of sp³-hybridized carbons (Fsp3) is 0.143. The lowest BCUT2D eigenvalue weighted by Crippen LogP contribution is -1.94. The van der Waals surface area contributed by atoms with Gasteiger partial charge in [-0.1, -0.05) is 11.6 Å². The van der Waals surface area contributed by atoms with Crippen LogP contribution in [0.5, 0.6) is 0 Å². The van der Waals surface area contributed by atoms with Crippen molar-refractivity contribution in [3.63, 3.8) is 0 Å². The van der Waals surface area contributed by atoms with Crippen molar-refractivity contribution in [1.82, 2.24) is 4.98 Å². The predicted molar refractivity (Wildman–Crippen MR) is 45.3 cm³/mol. The van der Waals surface area contributed by atoms with Gasteiger partial charge in [-0.25, -0.2) is 0 Å². The van der Waals surface area contributed by atoms with E-state index in [1.807, 2.05) is 6.92 Å². The van der Waals surface area contributed by atoms with E-state index in [0.717, 1.165) is 5.69 Å². The summed E-state index contributed by atoms with van der Waals surface area (Å²) >= 11 is 5.45. The zero-order chi connectivity index (χ0) is 7.56. The molecule has 0 bridgehead atoms. The van der Waals surface area contributed by atoms with Gasteiger partial charge in [0, 0.05) is 17.5 Å². The molecule has 1 heterocycles. The molecule has 0 saturated carbocycles. The maximum Gasteiger partial charge on any atom is 0.129 e. The van der Waals surface area contributed by atoms with Gasteiger partial charge in [-0.3, -0.25) is 10.4 Å². The number of rotatable bonds is 1. The number of halogens is 1. The molecule has 0 fully saturated rings. The lowest BCUT2D eigenvalue weighted by Gasteiger charge is -1.97. The molecule has 0 amide bonds. The van der Waals surface area contributed by atoms with Crippen molar-refractivity contribution < 1.29 is 5.48 Å². The number of nitrogens with zero attached hydrogens (tertiary/aromatic N) is 1. The second-order valence-corrected chi connectivity index (χ2v) is 2.33. The van der Waals surface area contributed by atoms with Gasteiger partial charge in [0.2, 0.25) is 0 Å².